The lowest BCUT2D eigenvalue weighted by molar-refractivity contribution is -0.274. The molecule has 0 aliphatic heterocycles. The zero-order chi connectivity index (χ0) is 12.5. The summed E-state index contributed by atoms with van der Waals surface area (Å²) in [6.45, 7) is 0. The monoisotopic (exact) mass is 245 g/mol. The number of hydrogen-bond donors (Lipinski definition) is 1. The largest absolute Gasteiger partial charge is 0.573 e. The number of alkyl halides is 3. The van der Waals surface area contributed by atoms with Crippen LogP contribution in [0.25, 0.3) is 0 Å². The molecule has 1 aromatic carbocycles. The number of benzene rings is 1. The predicted octanol–water partition coefficient (Wildman–Crippen LogP) is 3.26. The molecule has 1 unspecified atom stereocenters. The lowest BCUT2D eigenvalue weighted by Gasteiger charge is -2.17. The van der Waals surface area contributed by atoms with Crippen LogP contribution in [0.2, 0.25) is 0 Å². The van der Waals surface area contributed by atoms with Crippen LogP contribution < -0.4 is 10.1 Å². The highest BCUT2D eigenvalue weighted by molar-refractivity contribution is 5.31. The quantitative estimate of drug-likeness (QED) is 0.879. The summed E-state index contributed by atoms with van der Waals surface area (Å²) in [5.74, 6) is 0.372. The Morgan fingerprint density at radius 3 is 2.59 bits per heavy atom. The van der Waals surface area contributed by atoms with Crippen molar-refractivity contribution in [1.82, 2.24) is 5.32 Å². The number of ether oxygens (including phenoxy) is 1. The Morgan fingerprint density at radius 2 is 2.06 bits per heavy atom. The molecule has 0 heterocycles. The lowest BCUT2D eigenvalue weighted by atomic mass is 10.0. The van der Waals surface area contributed by atoms with Crippen LogP contribution in [0.15, 0.2) is 24.3 Å². The van der Waals surface area contributed by atoms with Crippen molar-refractivity contribution in [3.63, 3.8) is 0 Å². The van der Waals surface area contributed by atoms with Crippen LogP contribution in [0.4, 0.5) is 13.2 Å². The van der Waals surface area contributed by atoms with Crippen LogP contribution in [-0.2, 0) is 0 Å². The zero-order valence-electron chi connectivity index (χ0n) is 9.42. The van der Waals surface area contributed by atoms with E-state index in [1.807, 2.05) is 13.1 Å². The molecule has 17 heavy (non-hydrogen) atoms. The molecule has 0 saturated heterocycles. The van der Waals surface area contributed by atoms with Crippen molar-refractivity contribution in [2.75, 3.05) is 7.05 Å². The lowest BCUT2D eigenvalue weighted by Crippen LogP contribution is -2.20. The van der Waals surface area contributed by atoms with E-state index < -0.39 is 6.36 Å². The summed E-state index contributed by atoms with van der Waals surface area (Å²) in [6, 6.07) is 6.29. The number of hydrogen-bond acceptors (Lipinski definition) is 2. The van der Waals surface area contributed by atoms with Crippen molar-refractivity contribution < 1.29 is 17.9 Å². The van der Waals surface area contributed by atoms with Gasteiger partial charge in [-0.2, -0.15) is 0 Å². The first kappa shape index (κ1) is 12.2. The highest BCUT2D eigenvalue weighted by Gasteiger charge is 2.33. The average molecular weight is 245 g/mol. The minimum absolute atomic E-state index is 0.117. The maximum Gasteiger partial charge on any atom is 0.573 e. The molecular formula is C12H14F3NO. The highest BCUT2D eigenvalue weighted by atomic mass is 19.4. The highest BCUT2D eigenvalue weighted by Crippen LogP contribution is 2.41. The van der Waals surface area contributed by atoms with E-state index in [2.05, 4.69) is 10.1 Å². The summed E-state index contributed by atoms with van der Waals surface area (Å²) in [5, 5.41) is 3.13. The van der Waals surface area contributed by atoms with Crippen LogP contribution in [0.3, 0.4) is 0 Å². The van der Waals surface area contributed by atoms with Gasteiger partial charge in [0, 0.05) is 6.04 Å². The maximum absolute atomic E-state index is 12.1. The standard InChI is InChI=1S/C12H14F3NO/c1-16-11(8-5-6-8)9-3-2-4-10(7-9)17-12(13,14)15/h2-4,7-8,11,16H,5-6H2,1H3. The van der Waals surface area contributed by atoms with Gasteiger partial charge in [0.2, 0.25) is 0 Å². The fourth-order valence-electron chi connectivity index (χ4n) is 2.01. The molecule has 5 heteroatoms. The predicted molar refractivity (Wildman–Crippen MR) is 57.6 cm³/mol. The van der Waals surface area contributed by atoms with Crippen LogP contribution in [0.1, 0.15) is 24.4 Å². The molecule has 2 rings (SSSR count). The minimum Gasteiger partial charge on any atom is -0.406 e. The molecule has 1 saturated carbocycles. The maximum atomic E-state index is 12.1. The molecule has 1 atom stereocenters. The summed E-state index contributed by atoms with van der Waals surface area (Å²) in [6.07, 6.45) is -2.39. The second kappa shape index (κ2) is 4.56. The Kier molecular flexibility index (Phi) is 3.28. The normalized spacial score (nSPS) is 17.9. The van der Waals surface area contributed by atoms with Crippen molar-refractivity contribution in [2.45, 2.75) is 25.2 Å². The van der Waals surface area contributed by atoms with Gasteiger partial charge in [-0.3, -0.25) is 0 Å². The van der Waals surface area contributed by atoms with E-state index in [-0.39, 0.29) is 11.8 Å². The molecule has 1 aliphatic rings. The van der Waals surface area contributed by atoms with Gasteiger partial charge in [0.05, 0.1) is 0 Å². The number of halogens is 3. The van der Waals surface area contributed by atoms with Gasteiger partial charge in [0.1, 0.15) is 5.75 Å². The Morgan fingerprint density at radius 1 is 1.35 bits per heavy atom. The van der Waals surface area contributed by atoms with Crippen molar-refractivity contribution in [3.05, 3.63) is 29.8 Å². The van der Waals surface area contributed by atoms with E-state index in [0.29, 0.717) is 5.92 Å². The molecule has 94 valence electrons. The van der Waals surface area contributed by atoms with Crippen molar-refractivity contribution in [2.24, 2.45) is 5.92 Å². The van der Waals surface area contributed by atoms with Crippen LogP contribution in [-0.4, -0.2) is 13.4 Å². The van der Waals surface area contributed by atoms with Crippen molar-refractivity contribution >= 4 is 0 Å². The first-order valence-electron chi connectivity index (χ1n) is 5.52. The third-order valence-corrected chi connectivity index (χ3v) is 2.86. The van der Waals surface area contributed by atoms with Gasteiger partial charge in [-0.05, 0) is 43.5 Å². The van der Waals surface area contributed by atoms with E-state index in [4.69, 9.17) is 0 Å². The van der Waals surface area contributed by atoms with Crippen LogP contribution in [0.5, 0.6) is 5.75 Å². The molecule has 0 bridgehead atoms. The first-order valence-corrected chi connectivity index (χ1v) is 5.52. The third kappa shape index (κ3) is 3.36. The van der Waals surface area contributed by atoms with Gasteiger partial charge in [-0.15, -0.1) is 13.2 Å². The molecule has 1 aliphatic carbocycles. The summed E-state index contributed by atoms with van der Waals surface area (Å²) in [5.41, 5.74) is 0.844. The Labute approximate surface area is 97.8 Å². The summed E-state index contributed by atoms with van der Waals surface area (Å²) in [4.78, 5) is 0. The van der Waals surface area contributed by atoms with Gasteiger partial charge in [0.15, 0.2) is 0 Å². The van der Waals surface area contributed by atoms with E-state index in [0.717, 1.165) is 18.4 Å². The van der Waals surface area contributed by atoms with Crippen molar-refractivity contribution in [1.29, 1.82) is 0 Å². The Bertz CT molecular complexity index is 388. The molecular weight excluding hydrogens is 231 g/mol. The second-order valence-electron chi connectivity index (χ2n) is 4.22. The van der Waals surface area contributed by atoms with Crippen molar-refractivity contribution in [3.8, 4) is 5.75 Å². The fourth-order valence-corrected chi connectivity index (χ4v) is 2.01. The van der Waals surface area contributed by atoms with Gasteiger partial charge in [-0.1, -0.05) is 12.1 Å². The molecule has 0 aromatic heterocycles. The smallest absolute Gasteiger partial charge is 0.406 e. The molecule has 2 nitrogen and oxygen atoms in total. The van der Waals surface area contributed by atoms with Gasteiger partial charge in [-0.25, -0.2) is 0 Å². The average Bonchev–Trinajstić information content (AvgIpc) is 3.01. The molecule has 1 N–H and O–H groups in total. The number of nitrogens with one attached hydrogen (secondary N) is 1. The zero-order valence-corrected chi connectivity index (χ0v) is 9.42. The van der Waals surface area contributed by atoms with Crippen LogP contribution >= 0.6 is 0 Å². The molecule has 0 spiro atoms. The second-order valence-corrected chi connectivity index (χ2v) is 4.22. The van der Waals surface area contributed by atoms with Crippen LogP contribution in [0, 0.1) is 5.92 Å². The Balaban J connectivity index is 2.15. The van der Waals surface area contributed by atoms with E-state index in [9.17, 15) is 13.2 Å². The first-order chi connectivity index (χ1) is 7.99. The summed E-state index contributed by atoms with van der Waals surface area (Å²) < 4.78 is 40.2. The van der Waals surface area contributed by atoms with Gasteiger partial charge < -0.3 is 10.1 Å². The van der Waals surface area contributed by atoms with E-state index in [1.54, 1.807) is 6.07 Å². The molecule has 0 amide bonds. The molecule has 1 aromatic rings. The summed E-state index contributed by atoms with van der Waals surface area (Å²) >= 11 is 0. The van der Waals surface area contributed by atoms with Gasteiger partial charge in [0.25, 0.3) is 0 Å². The number of rotatable bonds is 4. The topological polar surface area (TPSA) is 21.3 Å². The fraction of sp³-hybridized carbons (Fsp3) is 0.500. The van der Waals surface area contributed by atoms with Gasteiger partial charge >= 0.3 is 6.36 Å². The van der Waals surface area contributed by atoms with E-state index in [1.165, 1.54) is 12.1 Å². The molecule has 0 radical (unpaired) electrons. The summed E-state index contributed by atoms with van der Waals surface area (Å²) in [7, 11) is 1.82. The van der Waals surface area contributed by atoms with E-state index >= 15 is 0 Å². The minimum atomic E-state index is -4.63. The SMILES string of the molecule is CNC(c1cccc(OC(F)(F)F)c1)C1CC1. The third-order valence-electron chi connectivity index (χ3n) is 2.86. The molecule has 1 fully saturated rings. The Hall–Kier alpha value is -1.23.